The predicted octanol–water partition coefficient (Wildman–Crippen LogP) is 6.47. The van der Waals surface area contributed by atoms with Crippen LogP contribution in [0.4, 0.5) is 24.5 Å². The molecule has 0 aliphatic carbocycles. The van der Waals surface area contributed by atoms with Crippen molar-refractivity contribution in [3.63, 3.8) is 0 Å². The number of carbonyl (C=O) groups is 1. The van der Waals surface area contributed by atoms with E-state index in [2.05, 4.69) is 10.2 Å². The van der Waals surface area contributed by atoms with Gasteiger partial charge in [-0.25, -0.2) is 0 Å². The van der Waals surface area contributed by atoms with E-state index >= 15 is 0 Å². The number of nitro groups is 1. The van der Waals surface area contributed by atoms with Crippen LogP contribution in [0.15, 0.2) is 84.0 Å². The number of para-hydroxylation sites is 1. The molecular formula is C30H29F3N6O3S. The van der Waals surface area contributed by atoms with Crippen molar-refractivity contribution in [3.05, 3.63) is 94.5 Å². The lowest BCUT2D eigenvalue weighted by molar-refractivity contribution is -0.384. The van der Waals surface area contributed by atoms with Crippen LogP contribution in [-0.2, 0) is 11.0 Å². The van der Waals surface area contributed by atoms with Gasteiger partial charge in [0.15, 0.2) is 11.0 Å². The average molecular weight is 611 g/mol. The van der Waals surface area contributed by atoms with Crippen LogP contribution in [0, 0.1) is 10.1 Å². The van der Waals surface area contributed by atoms with Crippen molar-refractivity contribution in [2.75, 3.05) is 36.8 Å². The third kappa shape index (κ3) is 7.34. The second-order valence-corrected chi connectivity index (χ2v) is 11.1. The Balaban J connectivity index is 1.13. The molecule has 4 aromatic rings. The number of hydrogen-bond acceptors (Lipinski definition) is 7. The minimum absolute atomic E-state index is 0.00345. The number of non-ortho nitro benzene ring substituents is 1. The molecule has 5 rings (SSSR count). The largest absolute Gasteiger partial charge is 0.416 e. The van der Waals surface area contributed by atoms with Crippen molar-refractivity contribution in [3.8, 4) is 17.1 Å². The Bertz CT molecular complexity index is 1560. The summed E-state index contributed by atoms with van der Waals surface area (Å²) in [5.74, 6) is 1.33. The molecule has 9 nitrogen and oxygen atoms in total. The first kappa shape index (κ1) is 30.1. The summed E-state index contributed by atoms with van der Waals surface area (Å²) in [6, 6.07) is 21.1. The zero-order valence-corrected chi connectivity index (χ0v) is 23.9. The van der Waals surface area contributed by atoms with E-state index in [0.29, 0.717) is 67.0 Å². The van der Waals surface area contributed by atoms with Crippen LogP contribution in [0.25, 0.3) is 17.1 Å². The number of halogens is 3. The van der Waals surface area contributed by atoms with Gasteiger partial charge >= 0.3 is 6.18 Å². The zero-order valence-electron chi connectivity index (χ0n) is 23.1. The Morgan fingerprint density at radius 3 is 2.26 bits per heavy atom. The van der Waals surface area contributed by atoms with Gasteiger partial charge in [0.05, 0.1) is 10.5 Å². The second kappa shape index (κ2) is 13.3. The molecule has 0 radical (unpaired) electrons. The van der Waals surface area contributed by atoms with E-state index in [9.17, 15) is 28.1 Å². The third-order valence-corrected chi connectivity index (χ3v) is 8.19. The van der Waals surface area contributed by atoms with Crippen molar-refractivity contribution in [1.29, 1.82) is 0 Å². The quantitative estimate of drug-likeness (QED) is 0.0879. The van der Waals surface area contributed by atoms with E-state index in [1.807, 2.05) is 39.8 Å². The Hall–Kier alpha value is -4.39. The van der Waals surface area contributed by atoms with Crippen molar-refractivity contribution in [2.24, 2.45) is 0 Å². The van der Waals surface area contributed by atoms with E-state index in [0.717, 1.165) is 24.2 Å². The monoisotopic (exact) mass is 610 g/mol. The van der Waals surface area contributed by atoms with Gasteiger partial charge in [0.25, 0.3) is 5.69 Å². The number of alkyl halides is 3. The van der Waals surface area contributed by atoms with Gasteiger partial charge in [-0.3, -0.25) is 19.5 Å². The minimum atomic E-state index is -4.39. The number of anilines is 1. The lowest BCUT2D eigenvalue weighted by atomic mass is 10.1. The number of carbonyl (C=O) groups excluding carboxylic acids is 1. The highest BCUT2D eigenvalue weighted by Crippen LogP contribution is 2.32. The van der Waals surface area contributed by atoms with Crippen LogP contribution in [0.3, 0.4) is 0 Å². The number of hydrogen-bond donors (Lipinski definition) is 0. The molecule has 13 heteroatoms. The first-order chi connectivity index (χ1) is 20.7. The number of nitro benzene ring substituents is 1. The highest BCUT2D eigenvalue weighted by atomic mass is 32.2. The summed E-state index contributed by atoms with van der Waals surface area (Å²) in [4.78, 5) is 27.1. The summed E-state index contributed by atoms with van der Waals surface area (Å²) in [5, 5.41) is 20.5. The Labute approximate surface area is 250 Å². The molecule has 3 aromatic carbocycles. The van der Waals surface area contributed by atoms with Gasteiger partial charge in [-0.15, -0.1) is 10.2 Å². The molecule has 1 saturated heterocycles. The zero-order chi connectivity index (χ0) is 30.4. The molecule has 0 N–H and O–H groups in total. The normalized spacial score (nSPS) is 13.7. The molecular weight excluding hydrogens is 581 g/mol. The summed E-state index contributed by atoms with van der Waals surface area (Å²) >= 11 is 1.52. The summed E-state index contributed by atoms with van der Waals surface area (Å²) in [6.45, 7) is 1.90. The van der Waals surface area contributed by atoms with Gasteiger partial charge in [0, 0.05) is 67.4 Å². The molecule has 1 fully saturated rings. The van der Waals surface area contributed by atoms with E-state index in [-0.39, 0.29) is 11.6 Å². The first-order valence-corrected chi connectivity index (χ1v) is 14.8. The maximum absolute atomic E-state index is 13.1. The highest BCUT2D eigenvalue weighted by molar-refractivity contribution is 7.99. The summed E-state index contributed by atoms with van der Waals surface area (Å²) in [7, 11) is 0. The Morgan fingerprint density at radius 1 is 0.884 bits per heavy atom. The smallest absolute Gasteiger partial charge is 0.368 e. The number of piperazine rings is 1. The molecule has 1 aliphatic heterocycles. The molecule has 0 bridgehead atoms. The Morgan fingerprint density at radius 2 is 1.58 bits per heavy atom. The van der Waals surface area contributed by atoms with Crippen molar-refractivity contribution >= 4 is 29.0 Å². The first-order valence-electron chi connectivity index (χ1n) is 13.8. The van der Waals surface area contributed by atoms with Gasteiger partial charge in [0.1, 0.15) is 0 Å². The second-order valence-electron chi connectivity index (χ2n) is 10.0. The number of aromatic nitrogens is 3. The molecule has 2 heterocycles. The Kier molecular flexibility index (Phi) is 9.29. The molecule has 1 aromatic heterocycles. The maximum atomic E-state index is 13.1. The van der Waals surface area contributed by atoms with E-state index in [1.54, 1.807) is 23.1 Å². The van der Waals surface area contributed by atoms with Gasteiger partial charge in [0.2, 0.25) is 5.91 Å². The minimum Gasteiger partial charge on any atom is -0.368 e. The van der Waals surface area contributed by atoms with Crippen molar-refractivity contribution in [1.82, 2.24) is 19.7 Å². The topological polar surface area (TPSA) is 97.4 Å². The lowest BCUT2D eigenvalue weighted by Gasteiger charge is -2.36. The van der Waals surface area contributed by atoms with Crippen LogP contribution >= 0.6 is 11.8 Å². The molecule has 0 unspecified atom stereocenters. The summed E-state index contributed by atoms with van der Waals surface area (Å²) in [6.07, 6.45) is -2.54. The lowest BCUT2D eigenvalue weighted by Crippen LogP contribution is -2.48. The van der Waals surface area contributed by atoms with Gasteiger partial charge in [-0.1, -0.05) is 36.0 Å². The fraction of sp³-hybridized carbons (Fsp3) is 0.300. The van der Waals surface area contributed by atoms with Gasteiger partial charge in [-0.2, -0.15) is 13.2 Å². The maximum Gasteiger partial charge on any atom is 0.416 e. The molecule has 0 saturated carbocycles. The fourth-order valence-electron chi connectivity index (χ4n) is 4.89. The highest BCUT2D eigenvalue weighted by Gasteiger charge is 2.31. The number of thioether (sulfide) groups is 1. The van der Waals surface area contributed by atoms with Crippen molar-refractivity contribution < 1.29 is 22.9 Å². The summed E-state index contributed by atoms with van der Waals surface area (Å²) in [5.41, 5.74) is 1.40. The van der Waals surface area contributed by atoms with Crippen LogP contribution in [0.5, 0.6) is 0 Å². The molecule has 224 valence electrons. The van der Waals surface area contributed by atoms with Crippen LogP contribution < -0.4 is 4.90 Å². The van der Waals surface area contributed by atoms with E-state index in [4.69, 9.17) is 0 Å². The van der Waals surface area contributed by atoms with Crippen molar-refractivity contribution in [2.45, 2.75) is 30.6 Å². The average Bonchev–Trinajstić information content (AvgIpc) is 3.45. The fourth-order valence-corrected chi connectivity index (χ4v) is 5.84. The number of nitrogens with zero attached hydrogens (tertiary/aromatic N) is 6. The van der Waals surface area contributed by atoms with Crippen LogP contribution in [-0.4, -0.2) is 62.4 Å². The van der Waals surface area contributed by atoms with Gasteiger partial charge < -0.3 is 9.80 Å². The molecule has 0 atom stereocenters. The number of rotatable bonds is 10. The molecule has 43 heavy (non-hydrogen) atoms. The third-order valence-electron chi connectivity index (χ3n) is 7.17. The number of benzene rings is 3. The molecule has 0 spiro atoms. The molecule has 1 aliphatic rings. The van der Waals surface area contributed by atoms with Crippen LogP contribution in [0.2, 0.25) is 0 Å². The van der Waals surface area contributed by atoms with Crippen LogP contribution in [0.1, 0.15) is 24.8 Å². The summed E-state index contributed by atoms with van der Waals surface area (Å²) < 4.78 is 41.1. The van der Waals surface area contributed by atoms with Gasteiger partial charge in [-0.05, 0) is 55.3 Å². The number of amides is 1. The van der Waals surface area contributed by atoms with E-state index < -0.39 is 16.7 Å². The molecule has 1 amide bonds. The SMILES string of the molecule is O=C(CCCCSc1nnc(-c2ccc([N+](=O)[O-])cc2)n1-c1ccccc1)N1CCN(c2cccc(C(F)(F)F)c2)CC1. The number of unbranched alkanes of at least 4 members (excludes halogenated alkanes) is 1. The van der Waals surface area contributed by atoms with E-state index in [1.165, 1.54) is 30.0 Å². The standard InChI is InChI=1S/C30H29F3N6O3S/c31-30(32,33)23-7-6-10-26(21-23)36-16-18-37(19-17-36)27(40)11-4-5-20-43-29-35-34-28(38(29)24-8-2-1-3-9-24)22-12-14-25(15-13-22)39(41)42/h1-3,6-10,12-15,21H,4-5,11,16-20H2. The predicted molar refractivity (Wildman–Crippen MR) is 158 cm³/mol.